The van der Waals surface area contributed by atoms with Crippen LogP contribution in [0.2, 0.25) is 10.0 Å². The van der Waals surface area contributed by atoms with Crippen molar-refractivity contribution in [1.29, 1.82) is 0 Å². The number of carbonyl (C=O) groups is 1. The zero-order chi connectivity index (χ0) is 16.2. The lowest BCUT2D eigenvalue weighted by Crippen LogP contribution is -2.32. The largest absolute Gasteiger partial charge is 0.478 e. The summed E-state index contributed by atoms with van der Waals surface area (Å²) < 4.78 is 26.5. The molecule has 118 valence electrons. The van der Waals surface area contributed by atoms with E-state index >= 15 is 0 Å². The normalized spacial score (nSPS) is 11.9. The van der Waals surface area contributed by atoms with Crippen LogP contribution in [0.15, 0.2) is 17.0 Å². The van der Waals surface area contributed by atoms with Crippen molar-refractivity contribution in [3.63, 3.8) is 0 Å². The van der Waals surface area contributed by atoms with Gasteiger partial charge in [-0.05, 0) is 25.0 Å². The molecule has 1 aromatic carbocycles. The Labute approximate surface area is 134 Å². The Morgan fingerprint density at radius 1 is 1.14 bits per heavy atom. The fourth-order valence-corrected chi connectivity index (χ4v) is 4.33. The molecule has 0 aliphatic heterocycles. The molecule has 1 aromatic rings. The maximum atomic E-state index is 12.6. The third kappa shape index (κ3) is 4.10. The van der Waals surface area contributed by atoms with E-state index in [0.29, 0.717) is 25.9 Å². The van der Waals surface area contributed by atoms with Crippen LogP contribution in [-0.2, 0) is 10.0 Å². The molecule has 0 saturated heterocycles. The third-order valence-electron chi connectivity index (χ3n) is 2.82. The Hall–Kier alpha value is -0.820. The summed E-state index contributed by atoms with van der Waals surface area (Å²) in [5, 5.41) is 8.88. The number of rotatable bonds is 7. The highest BCUT2D eigenvalue weighted by molar-refractivity contribution is 7.89. The van der Waals surface area contributed by atoms with Gasteiger partial charge >= 0.3 is 5.97 Å². The van der Waals surface area contributed by atoms with E-state index in [1.165, 1.54) is 4.31 Å². The van der Waals surface area contributed by atoms with Gasteiger partial charge in [-0.15, -0.1) is 0 Å². The van der Waals surface area contributed by atoms with Crippen LogP contribution < -0.4 is 0 Å². The van der Waals surface area contributed by atoms with Gasteiger partial charge in [-0.3, -0.25) is 0 Å². The number of nitrogens with zero attached hydrogens (tertiary/aromatic N) is 1. The van der Waals surface area contributed by atoms with Crippen molar-refractivity contribution in [2.24, 2.45) is 0 Å². The van der Waals surface area contributed by atoms with E-state index in [1.54, 1.807) is 0 Å². The van der Waals surface area contributed by atoms with Gasteiger partial charge in [0.1, 0.15) is 4.90 Å². The molecule has 0 atom stereocenters. The number of hydrogen-bond donors (Lipinski definition) is 1. The molecule has 8 heteroatoms. The second kappa shape index (κ2) is 7.45. The van der Waals surface area contributed by atoms with Gasteiger partial charge in [0.05, 0.1) is 15.6 Å². The molecule has 0 amide bonds. The topological polar surface area (TPSA) is 74.7 Å². The van der Waals surface area contributed by atoms with Gasteiger partial charge in [0.15, 0.2) is 0 Å². The predicted molar refractivity (Wildman–Crippen MR) is 82.8 cm³/mol. The SMILES string of the molecule is CCCN(CCC)S(=O)(=O)c1cc(C(=O)O)c(Cl)cc1Cl. The molecule has 0 unspecified atom stereocenters. The highest BCUT2D eigenvalue weighted by Crippen LogP contribution is 2.30. The van der Waals surface area contributed by atoms with Gasteiger partial charge in [-0.25, -0.2) is 13.2 Å². The molecule has 1 N–H and O–H groups in total. The highest BCUT2D eigenvalue weighted by Gasteiger charge is 2.27. The van der Waals surface area contributed by atoms with Crippen LogP contribution in [0.25, 0.3) is 0 Å². The summed E-state index contributed by atoms with van der Waals surface area (Å²) in [5.74, 6) is -1.30. The second-order valence-electron chi connectivity index (χ2n) is 4.47. The van der Waals surface area contributed by atoms with E-state index in [9.17, 15) is 13.2 Å². The average molecular weight is 354 g/mol. The molecule has 0 saturated carbocycles. The molecule has 0 bridgehead atoms. The number of hydrogen-bond acceptors (Lipinski definition) is 3. The summed E-state index contributed by atoms with van der Waals surface area (Å²) in [5.41, 5.74) is -0.285. The zero-order valence-corrected chi connectivity index (χ0v) is 14.1. The van der Waals surface area contributed by atoms with E-state index in [2.05, 4.69) is 0 Å². The van der Waals surface area contributed by atoms with Crippen molar-refractivity contribution in [3.05, 3.63) is 27.7 Å². The van der Waals surface area contributed by atoms with E-state index in [0.717, 1.165) is 12.1 Å². The Morgan fingerprint density at radius 2 is 1.67 bits per heavy atom. The fraction of sp³-hybridized carbons (Fsp3) is 0.462. The Morgan fingerprint density at radius 3 is 2.10 bits per heavy atom. The summed E-state index contributed by atoms with van der Waals surface area (Å²) in [4.78, 5) is 10.9. The van der Waals surface area contributed by atoms with Gasteiger partial charge in [0, 0.05) is 13.1 Å². The molecule has 0 heterocycles. The minimum absolute atomic E-state index is 0.0813. The number of sulfonamides is 1. The number of benzene rings is 1. The zero-order valence-electron chi connectivity index (χ0n) is 11.8. The van der Waals surface area contributed by atoms with Crippen LogP contribution in [0.1, 0.15) is 37.0 Å². The number of carboxylic acid groups (broad SMARTS) is 1. The van der Waals surface area contributed by atoms with E-state index in [4.69, 9.17) is 28.3 Å². The lowest BCUT2D eigenvalue weighted by atomic mass is 10.2. The van der Waals surface area contributed by atoms with Crippen molar-refractivity contribution >= 4 is 39.2 Å². The first-order valence-electron chi connectivity index (χ1n) is 6.48. The van der Waals surface area contributed by atoms with Crippen LogP contribution in [-0.4, -0.2) is 36.9 Å². The fourth-order valence-electron chi connectivity index (χ4n) is 1.88. The lowest BCUT2D eigenvalue weighted by Gasteiger charge is -2.22. The van der Waals surface area contributed by atoms with Gasteiger partial charge in [-0.2, -0.15) is 4.31 Å². The molecule has 0 aliphatic carbocycles. The van der Waals surface area contributed by atoms with Gasteiger partial charge < -0.3 is 5.11 Å². The molecule has 0 aromatic heterocycles. The van der Waals surface area contributed by atoms with E-state index in [-0.39, 0.29) is 20.5 Å². The third-order valence-corrected chi connectivity index (χ3v) is 5.49. The number of aromatic carboxylic acids is 1. The molecule has 0 spiro atoms. The van der Waals surface area contributed by atoms with Crippen LogP contribution in [0.5, 0.6) is 0 Å². The van der Waals surface area contributed by atoms with Crippen LogP contribution in [0.3, 0.4) is 0 Å². The molecule has 1 rings (SSSR count). The first kappa shape index (κ1) is 18.2. The van der Waals surface area contributed by atoms with Crippen LogP contribution >= 0.6 is 23.2 Å². The van der Waals surface area contributed by atoms with Gasteiger partial charge in [0.2, 0.25) is 10.0 Å². The Balaban J connectivity index is 3.42. The Kier molecular flexibility index (Phi) is 6.46. The van der Waals surface area contributed by atoms with Gasteiger partial charge in [0.25, 0.3) is 0 Å². The summed E-state index contributed by atoms with van der Waals surface area (Å²) in [6.45, 7) is 4.42. The monoisotopic (exact) mass is 353 g/mol. The minimum atomic E-state index is -3.85. The molecule has 0 radical (unpaired) electrons. The van der Waals surface area contributed by atoms with Crippen LogP contribution in [0, 0.1) is 0 Å². The van der Waals surface area contributed by atoms with Crippen molar-refractivity contribution in [3.8, 4) is 0 Å². The highest BCUT2D eigenvalue weighted by atomic mass is 35.5. The van der Waals surface area contributed by atoms with E-state index in [1.807, 2.05) is 13.8 Å². The van der Waals surface area contributed by atoms with Crippen molar-refractivity contribution < 1.29 is 18.3 Å². The van der Waals surface area contributed by atoms with Crippen molar-refractivity contribution in [1.82, 2.24) is 4.31 Å². The summed E-state index contributed by atoms with van der Waals surface area (Å²) in [7, 11) is -3.85. The smallest absolute Gasteiger partial charge is 0.337 e. The quantitative estimate of drug-likeness (QED) is 0.813. The number of carboxylic acids is 1. The maximum Gasteiger partial charge on any atom is 0.337 e. The summed E-state index contributed by atoms with van der Waals surface area (Å²) in [6, 6.07) is 2.16. The second-order valence-corrected chi connectivity index (χ2v) is 7.19. The molecule has 0 aliphatic rings. The number of halogens is 2. The molecular weight excluding hydrogens is 337 g/mol. The predicted octanol–water partition coefficient (Wildman–Crippen LogP) is 3.50. The first-order valence-corrected chi connectivity index (χ1v) is 8.67. The summed E-state index contributed by atoms with van der Waals surface area (Å²) >= 11 is 11.7. The molecule has 0 fully saturated rings. The summed E-state index contributed by atoms with van der Waals surface area (Å²) in [6.07, 6.45) is 1.30. The van der Waals surface area contributed by atoms with E-state index < -0.39 is 16.0 Å². The lowest BCUT2D eigenvalue weighted by molar-refractivity contribution is 0.0697. The van der Waals surface area contributed by atoms with Crippen molar-refractivity contribution in [2.45, 2.75) is 31.6 Å². The Bertz CT molecular complexity index is 625. The molecular formula is C13H17Cl2NO4S. The molecule has 21 heavy (non-hydrogen) atoms. The van der Waals surface area contributed by atoms with Crippen LogP contribution in [0.4, 0.5) is 0 Å². The average Bonchev–Trinajstić information content (AvgIpc) is 2.37. The van der Waals surface area contributed by atoms with Crippen molar-refractivity contribution in [2.75, 3.05) is 13.1 Å². The van der Waals surface area contributed by atoms with Gasteiger partial charge in [-0.1, -0.05) is 37.0 Å². The molecule has 5 nitrogen and oxygen atoms in total. The maximum absolute atomic E-state index is 12.6. The first-order chi connectivity index (χ1) is 9.75. The minimum Gasteiger partial charge on any atom is -0.478 e. The standard InChI is InChI=1S/C13H17Cl2NO4S/c1-3-5-16(6-4-2)21(19,20)12-7-9(13(17)18)10(14)8-11(12)15/h7-8H,3-6H2,1-2H3,(H,17,18).